The third-order valence-corrected chi connectivity index (χ3v) is 4.96. The highest BCUT2D eigenvalue weighted by Crippen LogP contribution is 2.40. The molecule has 1 aromatic rings. The number of carbonyl (C=O) groups is 2. The number of fused-ring (bicyclic) bond motifs is 2. The molecule has 0 spiro atoms. The Kier molecular flexibility index (Phi) is 5.65. The summed E-state index contributed by atoms with van der Waals surface area (Å²) in [4.78, 5) is 26.7. The number of piperidine rings is 1. The lowest BCUT2D eigenvalue weighted by molar-refractivity contribution is -0.156. The lowest BCUT2D eigenvalue weighted by Gasteiger charge is -2.40. The van der Waals surface area contributed by atoms with E-state index < -0.39 is 12.0 Å². The molecule has 0 unspecified atom stereocenters. The van der Waals surface area contributed by atoms with Gasteiger partial charge in [0.2, 0.25) is 0 Å². The monoisotopic (exact) mass is 339 g/mol. The standard InChI is InChI=1S/C17H21NO4.ClH/c1-18-12-8-9-13(18)15(17(20)21-2)14(10-12)22-16(19)11-6-4-3-5-7-11;/h3-7,12-15H,8-10H2,1-2H3;1H/t12-,13+,14+,15-;/m1./s1. The molecule has 2 aliphatic rings. The molecule has 0 amide bonds. The fourth-order valence-corrected chi connectivity index (χ4v) is 3.77. The van der Waals surface area contributed by atoms with Crippen LogP contribution < -0.4 is 0 Å². The first-order valence-corrected chi connectivity index (χ1v) is 7.67. The highest BCUT2D eigenvalue weighted by molar-refractivity contribution is 5.89. The molecule has 0 aromatic heterocycles. The van der Waals surface area contributed by atoms with Gasteiger partial charge in [-0.1, -0.05) is 18.2 Å². The topological polar surface area (TPSA) is 55.8 Å². The first-order valence-electron chi connectivity index (χ1n) is 7.67. The Morgan fingerprint density at radius 3 is 2.52 bits per heavy atom. The van der Waals surface area contributed by atoms with Gasteiger partial charge in [0, 0.05) is 18.5 Å². The molecule has 23 heavy (non-hydrogen) atoms. The molecule has 2 heterocycles. The molecule has 0 radical (unpaired) electrons. The fourth-order valence-electron chi connectivity index (χ4n) is 3.77. The van der Waals surface area contributed by atoms with Crippen LogP contribution >= 0.6 is 12.4 Å². The fraction of sp³-hybridized carbons (Fsp3) is 0.529. The van der Waals surface area contributed by atoms with Crippen LogP contribution in [0.5, 0.6) is 0 Å². The van der Waals surface area contributed by atoms with Crippen LogP contribution in [0.2, 0.25) is 0 Å². The summed E-state index contributed by atoms with van der Waals surface area (Å²) >= 11 is 0. The second kappa shape index (κ2) is 7.32. The molecular formula is C17H22ClNO4. The molecule has 6 heteroatoms. The van der Waals surface area contributed by atoms with Crippen LogP contribution in [-0.2, 0) is 14.3 Å². The summed E-state index contributed by atoms with van der Waals surface area (Å²) in [6, 6.07) is 9.36. The summed E-state index contributed by atoms with van der Waals surface area (Å²) in [6.07, 6.45) is 2.26. The number of hydrogen-bond donors (Lipinski definition) is 0. The molecule has 2 bridgehead atoms. The largest absolute Gasteiger partial charge is 0.469 e. The van der Waals surface area contributed by atoms with E-state index in [9.17, 15) is 9.59 Å². The minimum atomic E-state index is -0.408. The Bertz CT molecular complexity index is 565. The van der Waals surface area contributed by atoms with Gasteiger partial charge in [-0.15, -0.1) is 12.4 Å². The lowest BCUT2D eigenvalue weighted by atomic mass is 9.87. The number of benzene rings is 1. The molecule has 2 fully saturated rings. The number of halogens is 1. The zero-order valence-corrected chi connectivity index (χ0v) is 14.1. The average molecular weight is 340 g/mol. The van der Waals surface area contributed by atoms with Crippen molar-refractivity contribution in [2.24, 2.45) is 5.92 Å². The molecule has 2 saturated heterocycles. The third kappa shape index (κ3) is 3.35. The van der Waals surface area contributed by atoms with Crippen LogP contribution in [0.15, 0.2) is 30.3 Å². The van der Waals surface area contributed by atoms with Gasteiger partial charge in [0.25, 0.3) is 0 Å². The number of ether oxygens (including phenoxy) is 2. The van der Waals surface area contributed by atoms with Crippen LogP contribution in [0, 0.1) is 5.92 Å². The van der Waals surface area contributed by atoms with Gasteiger partial charge in [0.15, 0.2) is 0 Å². The van der Waals surface area contributed by atoms with Crippen molar-refractivity contribution in [1.82, 2.24) is 4.90 Å². The van der Waals surface area contributed by atoms with Gasteiger partial charge in [-0.2, -0.15) is 0 Å². The summed E-state index contributed by atoms with van der Waals surface area (Å²) in [5.41, 5.74) is 0.511. The first kappa shape index (κ1) is 17.8. The molecule has 5 nitrogen and oxygen atoms in total. The van der Waals surface area contributed by atoms with Crippen molar-refractivity contribution in [2.45, 2.75) is 37.5 Å². The lowest BCUT2D eigenvalue weighted by Crippen LogP contribution is -2.53. The maximum absolute atomic E-state index is 12.3. The molecule has 126 valence electrons. The van der Waals surface area contributed by atoms with Crippen LogP contribution in [0.25, 0.3) is 0 Å². The average Bonchev–Trinajstić information content (AvgIpc) is 2.78. The van der Waals surface area contributed by atoms with Crippen molar-refractivity contribution in [3.8, 4) is 0 Å². The van der Waals surface area contributed by atoms with Gasteiger partial charge in [0.05, 0.1) is 12.7 Å². The zero-order chi connectivity index (χ0) is 15.7. The number of carbonyl (C=O) groups excluding carboxylic acids is 2. The molecule has 0 saturated carbocycles. The zero-order valence-electron chi connectivity index (χ0n) is 13.3. The second-order valence-corrected chi connectivity index (χ2v) is 6.06. The van der Waals surface area contributed by atoms with Crippen LogP contribution in [0.4, 0.5) is 0 Å². The van der Waals surface area contributed by atoms with E-state index in [2.05, 4.69) is 4.90 Å². The molecule has 1 aromatic carbocycles. The van der Waals surface area contributed by atoms with Gasteiger partial charge in [-0.3, -0.25) is 9.69 Å². The third-order valence-electron chi connectivity index (χ3n) is 4.96. The summed E-state index contributed by atoms with van der Waals surface area (Å²) in [5.74, 6) is -1.06. The SMILES string of the molecule is COC(=O)[C@H]1[C@@H](OC(=O)c2ccccc2)C[C@H]2CC[C@@H]1N2C.Cl. The Balaban J connectivity index is 0.00000192. The van der Waals surface area contributed by atoms with Crippen LogP contribution in [0.1, 0.15) is 29.6 Å². The van der Waals surface area contributed by atoms with Gasteiger partial charge < -0.3 is 9.47 Å². The quantitative estimate of drug-likeness (QED) is 0.791. The second-order valence-electron chi connectivity index (χ2n) is 6.06. The maximum atomic E-state index is 12.3. The van der Waals surface area contributed by atoms with Crippen molar-refractivity contribution >= 4 is 24.3 Å². The van der Waals surface area contributed by atoms with E-state index in [0.29, 0.717) is 18.0 Å². The predicted molar refractivity (Wildman–Crippen MR) is 87.6 cm³/mol. The predicted octanol–water partition coefficient (Wildman–Crippen LogP) is 2.29. The summed E-state index contributed by atoms with van der Waals surface area (Å²) in [5, 5.41) is 0. The van der Waals surface area contributed by atoms with Crippen LogP contribution in [0.3, 0.4) is 0 Å². The smallest absolute Gasteiger partial charge is 0.338 e. The van der Waals surface area contributed by atoms with Gasteiger partial charge >= 0.3 is 11.9 Å². The number of rotatable bonds is 3. The molecule has 0 N–H and O–H groups in total. The van der Waals surface area contributed by atoms with Crippen molar-refractivity contribution < 1.29 is 19.1 Å². The van der Waals surface area contributed by atoms with E-state index in [-0.39, 0.29) is 30.4 Å². The minimum Gasteiger partial charge on any atom is -0.469 e. The maximum Gasteiger partial charge on any atom is 0.338 e. The van der Waals surface area contributed by atoms with Crippen molar-refractivity contribution in [1.29, 1.82) is 0 Å². The molecule has 2 aliphatic heterocycles. The van der Waals surface area contributed by atoms with E-state index in [1.54, 1.807) is 24.3 Å². The molecule has 3 rings (SSSR count). The Morgan fingerprint density at radius 1 is 1.17 bits per heavy atom. The first-order chi connectivity index (χ1) is 10.6. The highest BCUT2D eigenvalue weighted by atomic mass is 35.5. The van der Waals surface area contributed by atoms with Crippen molar-refractivity contribution in [3.05, 3.63) is 35.9 Å². The number of nitrogens with zero attached hydrogens (tertiary/aromatic N) is 1. The van der Waals surface area contributed by atoms with Crippen LogP contribution in [-0.4, -0.2) is 49.2 Å². The van der Waals surface area contributed by atoms with Crippen molar-refractivity contribution in [2.75, 3.05) is 14.2 Å². The molecule has 0 aliphatic carbocycles. The van der Waals surface area contributed by atoms with E-state index in [0.717, 1.165) is 12.8 Å². The molecule has 4 atom stereocenters. The van der Waals surface area contributed by atoms with Gasteiger partial charge in [0.1, 0.15) is 12.0 Å². The number of hydrogen-bond acceptors (Lipinski definition) is 5. The Hall–Kier alpha value is -1.59. The summed E-state index contributed by atoms with van der Waals surface area (Å²) in [6.45, 7) is 0. The Morgan fingerprint density at radius 2 is 1.87 bits per heavy atom. The number of esters is 2. The van der Waals surface area contributed by atoms with E-state index in [1.807, 2.05) is 13.1 Å². The summed E-state index contributed by atoms with van der Waals surface area (Å²) in [7, 11) is 3.42. The minimum absolute atomic E-state index is 0. The van der Waals surface area contributed by atoms with Gasteiger partial charge in [-0.05, 0) is 32.0 Å². The van der Waals surface area contributed by atoms with E-state index in [1.165, 1.54) is 7.11 Å². The number of methoxy groups -OCH3 is 1. The molecular weight excluding hydrogens is 318 g/mol. The Labute approximate surface area is 142 Å². The normalized spacial score (nSPS) is 29.5. The van der Waals surface area contributed by atoms with E-state index in [4.69, 9.17) is 9.47 Å². The van der Waals surface area contributed by atoms with Gasteiger partial charge in [-0.25, -0.2) is 4.79 Å². The highest BCUT2D eigenvalue weighted by Gasteiger charge is 2.50. The summed E-state index contributed by atoms with van der Waals surface area (Å²) < 4.78 is 10.6. The van der Waals surface area contributed by atoms with Crippen molar-refractivity contribution in [3.63, 3.8) is 0 Å². The van der Waals surface area contributed by atoms with E-state index >= 15 is 0 Å².